The second kappa shape index (κ2) is 10.1. The first kappa shape index (κ1) is 25.2. The first-order valence-electron chi connectivity index (χ1n) is 11.6. The molecule has 0 radical (unpaired) electrons. The molecular weight excluding hydrogens is 511 g/mol. The molecule has 2 N–H and O–H groups in total. The lowest BCUT2D eigenvalue weighted by atomic mass is 10.1. The van der Waals surface area contributed by atoms with Gasteiger partial charge in [0.25, 0.3) is 0 Å². The molecule has 0 atom stereocenters. The third-order valence-electron chi connectivity index (χ3n) is 5.93. The summed E-state index contributed by atoms with van der Waals surface area (Å²) in [4.78, 5) is 4.55. The zero-order valence-corrected chi connectivity index (χ0v) is 21.2. The molecule has 5 rings (SSSR count). The third-order valence-corrected chi connectivity index (χ3v) is 6.12. The van der Waals surface area contributed by atoms with Crippen molar-refractivity contribution in [2.24, 2.45) is 5.10 Å². The van der Waals surface area contributed by atoms with Crippen LogP contribution in [0.1, 0.15) is 16.7 Å². The van der Waals surface area contributed by atoms with E-state index in [1.807, 2.05) is 66.9 Å². The zero-order valence-electron chi connectivity index (χ0n) is 20.4. The Morgan fingerprint density at radius 2 is 1.79 bits per heavy atom. The summed E-state index contributed by atoms with van der Waals surface area (Å²) in [5.74, 6) is -0.276. The average Bonchev–Trinajstić information content (AvgIpc) is 3.30. The molecular formula is C28H22F3N5OS. The van der Waals surface area contributed by atoms with Gasteiger partial charge >= 0.3 is 6.36 Å². The summed E-state index contributed by atoms with van der Waals surface area (Å²) in [5.41, 5.74) is 9.13. The number of imidazole rings is 1. The number of halogens is 3. The molecule has 0 saturated carbocycles. The van der Waals surface area contributed by atoms with Crippen molar-refractivity contribution >= 4 is 51.0 Å². The van der Waals surface area contributed by atoms with Crippen molar-refractivity contribution < 1.29 is 17.9 Å². The standard InChI is InChI=1S/C28H22F3N5OS/c1-17-3-4-18(2)24(13-17)34-27(38)35-33-15-19-5-11-23-20(14-19)6-12-25-26(23)32-16-36(25)21-7-9-22(10-8-21)37-28(29,30)31/h3-16H,1-2H3,(H2,34,35,38)/b33-15+. The molecule has 0 unspecified atom stereocenters. The second-order valence-corrected chi connectivity index (χ2v) is 9.12. The van der Waals surface area contributed by atoms with E-state index >= 15 is 0 Å². The van der Waals surface area contributed by atoms with Crippen molar-refractivity contribution in [1.29, 1.82) is 0 Å². The topological polar surface area (TPSA) is 63.5 Å². The van der Waals surface area contributed by atoms with Gasteiger partial charge in [-0.25, -0.2) is 4.98 Å². The Labute approximate surface area is 221 Å². The van der Waals surface area contributed by atoms with E-state index in [2.05, 4.69) is 25.6 Å². The number of aryl methyl sites for hydroxylation is 2. The number of alkyl halides is 3. The number of hydrazone groups is 1. The first-order chi connectivity index (χ1) is 18.2. The van der Waals surface area contributed by atoms with Gasteiger partial charge in [0.1, 0.15) is 12.1 Å². The summed E-state index contributed by atoms with van der Waals surface area (Å²) in [6.45, 7) is 4.03. The van der Waals surface area contributed by atoms with E-state index in [0.717, 1.165) is 44.2 Å². The van der Waals surface area contributed by atoms with E-state index in [9.17, 15) is 13.2 Å². The molecule has 6 nitrogen and oxygen atoms in total. The van der Waals surface area contributed by atoms with Gasteiger partial charge < -0.3 is 10.1 Å². The number of thiocarbonyl (C=S) groups is 1. The fourth-order valence-corrected chi connectivity index (χ4v) is 4.27. The molecule has 0 aliphatic carbocycles. The van der Waals surface area contributed by atoms with Crippen molar-refractivity contribution in [3.05, 3.63) is 95.8 Å². The molecule has 38 heavy (non-hydrogen) atoms. The van der Waals surface area contributed by atoms with Gasteiger partial charge in [0.15, 0.2) is 5.11 Å². The summed E-state index contributed by atoms with van der Waals surface area (Å²) < 4.78 is 43.1. The SMILES string of the molecule is Cc1ccc(C)c(NC(=S)N/N=C/c2ccc3c(ccc4c3ncn4-c3ccc(OC(F)(F)F)cc3)c2)c1. The van der Waals surface area contributed by atoms with E-state index in [4.69, 9.17) is 12.2 Å². The number of aromatic nitrogens is 2. The van der Waals surface area contributed by atoms with Crippen LogP contribution >= 0.6 is 12.2 Å². The summed E-state index contributed by atoms with van der Waals surface area (Å²) in [6, 6.07) is 21.5. The minimum Gasteiger partial charge on any atom is -0.406 e. The molecule has 192 valence electrons. The average molecular weight is 534 g/mol. The first-order valence-corrected chi connectivity index (χ1v) is 12.0. The molecule has 10 heteroatoms. The molecule has 0 saturated heterocycles. The Morgan fingerprint density at radius 1 is 1.00 bits per heavy atom. The normalized spacial score (nSPS) is 11.8. The van der Waals surface area contributed by atoms with Crippen LogP contribution in [0, 0.1) is 13.8 Å². The molecule has 0 bridgehead atoms. The number of benzene rings is 4. The van der Waals surface area contributed by atoms with Crippen LogP contribution in [-0.4, -0.2) is 27.2 Å². The van der Waals surface area contributed by atoms with Crippen molar-refractivity contribution in [2.75, 3.05) is 5.32 Å². The van der Waals surface area contributed by atoms with E-state index in [1.54, 1.807) is 24.7 Å². The molecule has 0 aliphatic rings. The Hall–Kier alpha value is -4.44. The minimum atomic E-state index is -4.73. The quantitative estimate of drug-likeness (QED) is 0.145. The second-order valence-electron chi connectivity index (χ2n) is 8.71. The molecule has 0 fully saturated rings. The predicted octanol–water partition coefficient (Wildman–Crippen LogP) is 7.01. The van der Waals surface area contributed by atoms with Gasteiger partial charge in [-0.3, -0.25) is 9.99 Å². The van der Waals surface area contributed by atoms with Crippen molar-refractivity contribution in [3.63, 3.8) is 0 Å². The maximum atomic E-state index is 12.5. The van der Waals surface area contributed by atoms with Gasteiger partial charge in [0.2, 0.25) is 0 Å². The highest BCUT2D eigenvalue weighted by molar-refractivity contribution is 7.80. The summed E-state index contributed by atoms with van der Waals surface area (Å²) in [6.07, 6.45) is -1.40. The van der Waals surface area contributed by atoms with Crippen LogP contribution in [-0.2, 0) is 0 Å². The molecule has 4 aromatic carbocycles. The Kier molecular flexibility index (Phi) is 6.73. The Morgan fingerprint density at radius 3 is 2.55 bits per heavy atom. The van der Waals surface area contributed by atoms with E-state index < -0.39 is 6.36 Å². The fourth-order valence-electron chi connectivity index (χ4n) is 4.11. The maximum absolute atomic E-state index is 12.5. The zero-order chi connectivity index (χ0) is 26.9. The number of hydrogen-bond donors (Lipinski definition) is 2. The van der Waals surface area contributed by atoms with Gasteiger partial charge in [0.05, 0.1) is 17.2 Å². The van der Waals surface area contributed by atoms with Crippen molar-refractivity contribution in [1.82, 2.24) is 15.0 Å². The van der Waals surface area contributed by atoms with Gasteiger partial charge in [-0.05, 0) is 90.6 Å². The summed E-state index contributed by atoms with van der Waals surface area (Å²) in [7, 11) is 0. The molecule has 0 amide bonds. The number of anilines is 1. The number of ether oxygens (including phenoxy) is 1. The highest BCUT2D eigenvalue weighted by Gasteiger charge is 2.31. The monoisotopic (exact) mass is 533 g/mol. The summed E-state index contributed by atoms with van der Waals surface area (Å²) in [5, 5.41) is 9.71. The number of hydrogen-bond acceptors (Lipinski definition) is 4. The highest BCUT2D eigenvalue weighted by atomic mass is 32.1. The molecule has 1 heterocycles. The van der Waals surface area contributed by atoms with Crippen LogP contribution in [0.2, 0.25) is 0 Å². The van der Waals surface area contributed by atoms with Crippen molar-refractivity contribution in [3.8, 4) is 11.4 Å². The smallest absolute Gasteiger partial charge is 0.406 e. The van der Waals surface area contributed by atoms with Crippen molar-refractivity contribution in [2.45, 2.75) is 20.2 Å². The largest absolute Gasteiger partial charge is 0.573 e. The van der Waals surface area contributed by atoms with Crippen LogP contribution in [0.5, 0.6) is 5.75 Å². The Balaban J connectivity index is 1.32. The third kappa shape index (κ3) is 5.60. The minimum absolute atomic E-state index is 0.276. The van der Waals surface area contributed by atoms with Crippen LogP contribution in [0.25, 0.3) is 27.5 Å². The molecule has 5 aromatic rings. The van der Waals surface area contributed by atoms with Gasteiger partial charge in [-0.15, -0.1) is 13.2 Å². The molecule has 1 aromatic heterocycles. The maximum Gasteiger partial charge on any atom is 0.573 e. The van der Waals surface area contributed by atoms with E-state index in [0.29, 0.717) is 10.8 Å². The van der Waals surface area contributed by atoms with Gasteiger partial charge in [-0.1, -0.05) is 30.3 Å². The molecule has 0 aliphatic heterocycles. The predicted molar refractivity (Wildman–Crippen MR) is 148 cm³/mol. The number of nitrogens with one attached hydrogen (secondary N) is 2. The van der Waals surface area contributed by atoms with Crippen LogP contribution in [0.4, 0.5) is 18.9 Å². The van der Waals surface area contributed by atoms with Crippen LogP contribution in [0.15, 0.2) is 84.2 Å². The van der Waals surface area contributed by atoms with Crippen LogP contribution < -0.4 is 15.5 Å². The highest BCUT2D eigenvalue weighted by Crippen LogP contribution is 2.29. The van der Waals surface area contributed by atoms with E-state index in [-0.39, 0.29) is 5.75 Å². The fraction of sp³-hybridized carbons (Fsp3) is 0.107. The van der Waals surface area contributed by atoms with E-state index in [1.165, 1.54) is 12.1 Å². The number of rotatable bonds is 5. The Bertz CT molecular complexity index is 1680. The summed E-state index contributed by atoms with van der Waals surface area (Å²) >= 11 is 5.35. The lowest BCUT2D eigenvalue weighted by molar-refractivity contribution is -0.274. The number of fused-ring (bicyclic) bond motifs is 3. The van der Waals surface area contributed by atoms with Gasteiger partial charge in [-0.2, -0.15) is 5.10 Å². The van der Waals surface area contributed by atoms with Crippen LogP contribution in [0.3, 0.4) is 0 Å². The lowest BCUT2D eigenvalue weighted by Crippen LogP contribution is -2.24. The van der Waals surface area contributed by atoms with Gasteiger partial charge in [0, 0.05) is 16.8 Å². The molecule has 0 spiro atoms. The number of nitrogens with zero attached hydrogens (tertiary/aromatic N) is 3. The lowest BCUT2D eigenvalue weighted by Gasteiger charge is -2.10.